The van der Waals surface area contributed by atoms with Crippen molar-refractivity contribution in [3.8, 4) is 73.0 Å². The fourth-order valence-electron chi connectivity index (χ4n) is 8.56. The van der Waals surface area contributed by atoms with Gasteiger partial charge < -0.3 is 4.57 Å². The highest BCUT2D eigenvalue weighted by Crippen LogP contribution is 2.49. The summed E-state index contributed by atoms with van der Waals surface area (Å²) in [6, 6.07) is 53.8. The fraction of sp³-hybridized carbons (Fsp3) is 0.0364. The lowest BCUT2D eigenvalue weighted by molar-refractivity contribution is -0.137. The zero-order valence-electron chi connectivity index (χ0n) is 34.0. The summed E-state index contributed by atoms with van der Waals surface area (Å²) >= 11 is 0. The van der Waals surface area contributed by atoms with Crippen molar-refractivity contribution in [3.05, 3.63) is 217 Å². The van der Waals surface area contributed by atoms with Crippen LogP contribution >= 0.6 is 0 Å². The van der Waals surface area contributed by atoms with E-state index >= 15 is 26.3 Å². The molecule has 0 spiro atoms. The highest BCUT2D eigenvalue weighted by Gasteiger charge is 2.37. The summed E-state index contributed by atoms with van der Waals surface area (Å²) in [5.41, 5.74) is 3.61. The van der Waals surface area contributed by atoms with Crippen LogP contribution in [0.25, 0.3) is 99.6 Å². The molecule has 2 aromatic heterocycles. The van der Waals surface area contributed by atoms with E-state index in [4.69, 9.17) is 16.5 Å². The van der Waals surface area contributed by atoms with Crippen LogP contribution in [-0.2, 0) is 12.4 Å². The third-order valence-corrected chi connectivity index (χ3v) is 11.5. The molecule has 0 saturated carbocycles. The molecule has 10 rings (SSSR count). The summed E-state index contributed by atoms with van der Waals surface area (Å²) in [4.78, 5) is 13.5. The molecular formula is C55H32F6N4. The molecule has 2 heterocycles. The number of benzene rings is 8. The molecule has 0 aliphatic heterocycles. The Balaban J connectivity index is 1.36. The van der Waals surface area contributed by atoms with Crippen LogP contribution in [0.3, 0.4) is 0 Å². The molecule has 0 aliphatic carbocycles. The Kier molecular flexibility index (Phi) is 10.1. The highest BCUT2D eigenvalue weighted by atomic mass is 19.4. The maximum Gasteiger partial charge on any atom is 0.417 e. The summed E-state index contributed by atoms with van der Waals surface area (Å²) in [6.07, 6.45) is -9.70. The minimum absolute atomic E-state index is 0.0128. The number of fused-ring (bicyclic) bond motifs is 3. The number of hydrogen-bond acceptors (Lipinski definition) is 2. The molecule has 0 fully saturated rings. The maximum atomic E-state index is 15.3. The first-order valence-electron chi connectivity index (χ1n) is 20.5. The molecule has 0 bridgehead atoms. The molecule has 4 nitrogen and oxygen atoms in total. The van der Waals surface area contributed by atoms with E-state index in [0.717, 1.165) is 39.8 Å². The van der Waals surface area contributed by atoms with E-state index < -0.39 is 23.5 Å². The first-order valence-corrected chi connectivity index (χ1v) is 20.5. The van der Waals surface area contributed by atoms with Crippen LogP contribution in [0.4, 0.5) is 32.0 Å². The van der Waals surface area contributed by atoms with Crippen LogP contribution in [-0.4, -0.2) is 14.5 Å². The predicted octanol–water partition coefficient (Wildman–Crippen LogP) is 16.2. The van der Waals surface area contributed by atoms with Gasteiger partial charge in [0.25, 0.3) is 0 Å². The zero-order valence-corrected chi connectivity index (χ0v) is 34.0. The largest absolute Gasteiger partial charge is 0.417 e. The smallest absolute Gasteiger partial charge is 0.308 e. The average molecular weight is 863 g/mol. The zero-order chi connectivity index (χ0) is 44.9. The standard InChI is InChI=1S/C55H32F6N4/c1-62-39-27-24-34(25-28-39)37-26-29-51-43(30-37)42-20-10-13-23-50(42)65(51)52-44(40-18-8-11-21-46(40)54(56,57)58)31-38(32-45(52)41-19-9-12-22-47(41)55(59,60)61)53-63-48(35-14-4-2-5-15-35)33-49(64-53)36-16-6-3-7-17-36/h2-33H. The van der Waals surface area contributed by atoms with Gasteiger partial charge in [-0.25, -0.2) is 14.8 Å². The molecule has 8 aromatic carbocycles. The number of aromatic nitrogens is 3. The van der Waals surface area contributed by atoms with Crippen molar-refractivity contribution in [3.63, 3.8) is 0 Å². The van der Waals surface area contributed by atoms with Crippen LogP contribution in [0.15, 0.2) is 194 Å². The molecule has 0 unspecified atom stereocenters. The van der Waals surface area contributed by atoms with Crippen LogP contribution in [0.1, 0.15) is 11.1 Å². The van der Waals surface area contributed by atoms with Gasteiger partial charge in [-0.15, -0.1) is 0 Å². The van der Waals surface area contributed by atoms with E-state index in [0.29, 0.717) is 33.5 Å². The van der Waals surface area contributed by atoms with Gasteiger partial charge in [-0.1, -0.05) is 146 Å². The van der Waals surface area contributed by atoms with Gasteiger partial charge in [0.1, 0.15) is 0 Å². The van der Waals surface area contributed by atoms with Gasteiger partial charge in [0.15, 0.2) is 11.5 Å². The lowest BCUT2D eigenvalue weighted by Gasteiger charge is -2.24. The summed E-state index contributed by atoms with van der Waals surface area (Å²) in [7, 11) is 0. The van der Waals surface area contributed by atoms with Crippen molar-refractivity contribution >= 4 is 27.5 Å². The second kappa shape index (κ2) is 16.1. The third kappa shape index (κ3) is 7.57. The highest BCUT2D eigenvalue weighted by molar-refractivity contribution is 6.12. The van der Waals surface area contributed by atoms with Gasteiger partial charge in [-0.2, -0.15) is 26.3 Å². The van der Waals surface area contributed by atoms with Gasteiger partial charge in [0.2, 0.25) is 0 Å². The van der Waals surface area contributed by atoms with Crippen LogP contribution in [0.5, 0.6) is 0 Å². The van der Waals surface area contributed by atoms with E-state index in [1.807, 2.05) is 115 Å². The van der Waals surface area contributed by atoms with E-state index in [1.54, 1.807) is 34.9 Å². The summed E-state index contributed by atoms with van der Waals surface area (Å²) in [5.74, 6) is 0.101. The molecule has 10 heteroatoms. The Morgan fingerprint density at radius 3 is 1.42 bits per heavy atom. The van der Waals surface area contributed by atoms with Crippen molar-refractivity contribution < 1.29 is 26.3 Å². The van der Waals surface area contributed by atoms with E-state index in [9.17, 15) is 0 Å². The van der Waals surface area contributed by atoms with Crippen LogP contribution in [0, 0.1) is 6.57 Å². The number of alkyl halides is 6. The molecule has 0 radical (unpaired) electrons. The summed E-state index contributed by atoms with van der Waals surface area (Å²) in [6.45, 7) is 7.40. The molecular weight excluding hydrogens is 831 g/mol. The molecule has 0 aliphatic rings. The molecule has 0 amide bonds. The molecule has 10 aromatic rings. The third-order valence-electron chi connectivity index (χ3n) is 11.5. The monoisotopic (exact) mass is 862 g/mol. The number of para-hydroxylation sites is 1. The number of nitrogens with zero attached hydrogens (tertiary/aromatic N) is 4. The maximum absolute atomic E-state index is 15.3. The Bertz CT molecular complexity index is 3320. The Hall–Kier alpha value is -8.29. The van der Waals surface area contributed by atoms with Crippen molar-refractivity contribution in [1.29, 1.82) is 0 Å². The molecule has 0 N–H and O–H groups in total. The van der Waals surface area contributed by atoms with Crippen LogP contribution < -0.4 is 0 Å². The Morgan fingerprint density at radius 2 is 0.877 bits per heavy atom. The minimum Gasteiger partial charge on any atom is -0.308 e. The van der Waals surface area contributed by atoms with Gasteiger partial charge in [0, 0.05) is 38.6 Å². The van der Waals surface area contributed by atoms with E-state index in [-0.39, 0.29) is 39.3 Å². The topological polar surface area (TPSA) is 35.1 Å². The Labute approximate surface area is 369 Å². The normalized spacial score (nSPS) is 11.8. The molecule has 314 valence electrons. The van der Waals surface area contributed by atoms with Crippen molar-refractivity contribution in [2.75, 3.05) is 0 Å². The van der Waals surface area contributed by atoms with Gasteiger partial charge in [-0.3, -0.25) is 0 Å². The first kappa shape index (κ1) is 40.8. The average Bonchev–Trinajstić information content (AvgIpc) is 3.66. The van der Waals surface area contributed by atoms with Gasteiger partial charge in [0.05, 0.1) is 45.8 Å². The fourth-order valence-corrected chi connectivity index (χ4v) is 8.56. The first-order chi connectivity index (χ1) is 31.5. The van der Waals surface area contributed by atoms with Crippen molar-refractivity contribution in [1.82, 2.24) is 14.5 Å². The second-order valence-corrected chi connectivity index (χ2v) is 15.4. The Morgan fingerprint density at radius 1 is 0.400 bits per heavy atom. The SMILES string of the molecule is [C-]#[N+]c1ccc(-c2ccc3c(c2)c2ccccc2n3-c2c(-c3ccccc3C(F)(F)F)cc(-c3nc(-c4ccccc4)cc(-c4ccccc4)n3)cc2-c2ccccc2C(F)(F)F)cc1. The summed E-state index contributed by atoms with van der Waals surface area (Å²) < 4.78 is 93.7. The number of rotatable bonds is 7. The van der Waals surface area contributed by atoms with Gasteiger partial charge >= 0.3 is 12.4 Å². The predicted molar refractivity (Wildman–Crippen MR) is 245 cm³/mol. The van der Waals surface area contributed by atoms with E-state index in [1.165, 1.54) is 36.4 Å². The quantitative estimate of drug-likeness (QED) is 0.118. The minimum atomic E-state index is -4.85. The van der Waals surface area contributed by atoms with Crippen molar-refractivity contribution in [2.45, 2.75) is 12.4 Å². The van der Waals surface area contributed by atoms with Crippen molar-refractivity contribution in [2.24, 2.45) is 0 Å². The second-order valence-electron chi connectivity index (χ2n) is 15.4. The summed E-state index contributed by atoms with van der Waals surface area (Å²) in [5, 5.41) is 1.44. The number of hydrogen-bond donors (Lipinski definition) is 0. The molecule has 0 atom stereocenters. The van der Waals surface area contributed by atoms with Gasteiger partial charge in [-0.05, 0) is 70.8 Å². The van der Waals surface area contributed by atoms with Crippen LogP contribution in [0.2, 0.25) is 0 Å². The lowest BCUT2D eigenvalue weighted by atomic mass is 9.88. The number of halogens is 6. The lowest BCUT2D eigenvalue weighted by Crippen LogP contribution is -2.11. The molecule has 0 saturated heterocycles. The van der Waals surface area contributed by atoms with E-state index in [2.05, 4.69) is 4.85 Å². The molecule has 65 heavy (non-hydrogen) atoms.